The van der Waals surface area contributed by atoms with Crippen LogP contribution in [0.1, 0.15) is 29.2 Å². The molecule has 1 amide bonds. The zero-order chi connectivity index (χ0) is 21.5. The molecule has 4 aromatic rings. The molecule has 0 bridgehead atoms. The average molecular weight is 431 g/mol. The van der Waals surface area contributed by atoms with Crippen molar-refractivity contribution < 1.29 is 9.32 Å². The number of nitrogens with one attached hydrogen (secondary N) is 1. The van der Waals surface area contributed by atoms with Crippen LogP contribution in [0.4, 0.5) is 0 Å². The third kappa shape index (κ3) is 5.62. The van der Waals surface area contributed by atoms with Crippen molar-refractivity contribution in [3.8, 4) is 11.3 Å². The lowest BCUT2D eigenvalue weighted by Gasteiger charge is -2.18. The Kier molecular flexibility index (Phi) is 6.80. The van der Waals surface area contributed by atoms with Gasteiger partial charge < -0.3 is 9.84 Å². The molecule has 1 heterocycles. The molecule has 0 saturated heterocycles. The van der Waals surface area contributed by atoms with Gasteiger partial charge in [0.1, 0.15) is 0 Å². The Bertz CT molecular complexity index is 1070. The molecule has 0 unspecified atom stereocenters. The average Bonchev–Trinajstić information content (AvgIpc) is 3.27. The summed E-state index contributed by atoms with van der Waals surface area (Å²) >= 11 is 5.92. The van der Waals surface area contributed by atoms with Crippen molar-refractivity contribution in [3.63, 3.8) is 0 Å². The maximum absolute atomic E-state index is 12.4. The molecule has 0 aliphatic heterocycles. The van der Waals surface area contributed by atoms with E-state index in [1.165, 1.54) is 11.1 Å². The summed E-state index contributed by atoms with van der Waals surface area (Å²) in [5.74, 6) is 0.773. The third-order valence-corrected chi connectivity index (χ3v) is 5.44. The molecule has 0 spiro atoms. The van der Waals surface area contributed by atoms with Gasteiger partial charge in [0.25, 0.3) is 0 Å². The van der Waals surface area contributed by atoms with Crippen molar-refractivity contribution in [1.82, 2.24) is 10.5 Å². The standard InChI is InChI=1S/C26H23ClN2O2/c27-22-13-11-21(12-14-22)25-17-23(29-31-25)18-26(30)28-16-15-24(19-7-3-1-4-8-19)20-9-5-2-6-10-20/h1-14,17,24H,15-16,18H2,(H,28,30). The van der Waals surface area contributed by atoms with E-state index >= 15 is 0 Å². The Morgan fingerprint density at radius 3 is 2.13 bits per heavy atom. The second-order valence-electron chi connectivity index (χ2n) is 7.38. The Morgan fingerprint density at radius 1 is 0.903 bits per heavy atom. The highest BCUT2D eigenvalue weighted by Gasteiger charge is 2.15. The van der Waals surface area contributed by atoms with Gasteiger partial charge in [-0.15, -0.1) is 0 Å². The van der Waals surface area contributed by atoms with Crippen molar-refractivity contribution in [2.45, 2.75) is 18.8 Å². The van der Waals surface area contributed by atoms with Crippen LogP contribution in [0.3, 0.4) is 0 Å². The molecule has 4 rings (SSSR count). The first-order valence-electron chi connectivity index (χ1n) is 10.3. The quantitative estimate of drug-likeness (QED) is 0.380. The number of nitrogens with zero attached hydrogens (tertiary/aromatic N) is 1. The molecule has 31 heavy (non-hydrogen) atoms. The minimum Gasteiger partial charge on any atom is -0.356 e. The zero-order valence-electron chi connectivity index (χ0n) is 17.0. The number of hydrogen-bond donors (Lipinski definition) is 1. The number of carbonyl (C=O) groups is 1. The minimum atomic E-state index is -0.0733. The fraction of sp³-hybridized carbons (Fsp3) is 0.154. The molecule has 1 N–H and O–H groups in total. The van der Waals surface area contributed by atoms with Crippen LogP contribution >= 0.6 is 11.6 Å². The lowest BCUT2D eigenvalue weighted by molar-refractivity contribution is -0.120. The lowest BCUT2D eigenvalue weighted by atomic mass is 9.88. The molecule has 1 aromatic heterocycles. The van der Waals surface area contributed by atoms with E-state index in [-0.39, 0.29) is 18.2 Å². The van der Waals surface area contributed by atoms with Crippen LogP contribution in [0.2, 0.25) is 5.02 Å². The van der Waals surface area contributed by atoms with Gasteiger partial charge in [0.15, 0.2) is 5.76 Å². The normalized spacial score (nSPS) is 10.9. The predicted octanol–water partition coefficient (Wildman–Crippen LogP) is 5.88. The van der Waals surface area contributed by atoms with E-state index in [2.05, 4.69) is 34.7 Å². The van der Waals surface area contributed by atoms with Crippen molar-refractivity contribution in [2.75, 3.05) is 6.54 Å². The van der Waals surface area contributed by atoms with Crippen LogP contribution in [0, 0.1) is 0 Å². The Balaban J connectivity index is 1.34. The van der Waals surface area contributed by atoms with E-state index in [0.29, 0.717) is 23.0 Å². The second kappa shape index (κ2) is 10.1. The van der Waals surface area contributed by atoms with Gasteiger partial charge in [0.2, 0.25) is 5.91 Å². The number of rotatable bonds is 8. The fourth-order valence-corrected chi connectivity index (χ4v) is 3.75. The molecule has 4 nitrogen and oxygen atoms in total. The molecule has 0 atom stereocenters. The molecular formula is C26H23ClN2O2. The van der Waals surface area contributed by atoms with Crippen LogP contribution in [-0.4, -0.2) is 17.6 Å². The van der Waals surface area contributed by atoms with Crippen molar-refractivity contribution in [3.05, 3.63) is 113 Å². The number of benzene rings is 3. The molecule has 0 saturated carbocycles. The van der Waals surface area contributed by atoms with E-state index in [0.717, 1.165) is 12.0 Å². The van der Waals surface area contributed by atoms with Gasteiger partial charge in [0, 0.05) is 29.1 Å². The van der Waals surface area contributed by atoms with Gasteiger partial charge in [-0.2, -0.15) is 0 Å². The van der Waals surface area contributed by atoms with Gasteiger partial charge in [-0.25, -0.2) is 0 Å². The molecule has 0 radical (unpaired) electrons. The van der Waals surface area contributed by atoms with Gasteiger partial charge in [0.05, 0.1) is 12.1 Å². The summed E-state index contributed by atoms with van der Waals surface area (Å²) < 4.78 is 5.38. The first-order chi connectivity index (χ1) is 15.2. The van der Waals surface area contributed by atoms with Crippen LogP contribution < -0.4 is 5.32 Å². The van der Waals surface area contributed by atoms with Crippen LogP contribution in [0.25, 0.3) is 11.3 Å². The lowest BCUT2D eigenvalue weighted by Crippen LogP contribution is -2.27. The molecule has 0 fully saturated rings. The number of aromatic nitrogens is 1. The van der Waals surface area contributed by atoms with E-state index < -0.39 is 0 Å². The zero-order valence-corrected chi connectivity index (χ0v) is 17.8. The monoisotopic (exact) mass is 430 g/mol. The van der Waals surface area contributed by atoms with Crippen LogP contribution in [-0.2, 0) is 11.2 Å². The summed E-state index contributed by atoms with van der Waals surface area (Å²) in [6, 6.07) is 29.9. The topological polar surface area (TPSA) is 55.1 Å². The SMILES string of the molecule is O=C(Cc1cc(-c2ccc(Cl)cc2)on1)NCCC(c1ccccc1)c1ccccc1. The molecule has 3 aromatic carbocycles. The van der Waals surface area contributed by atoms with Crippen LogP contribution in [0.15, 0.2) is 95.5 Å². The largest absolute Gasteiger partial charge is 0.356 e. The predicted molar refractivity (Wildman–Crippen MR) is 123 cm³/mol. The molecule has 156 valence electrons. The van der Waals surface area contributed by atoms with Crippen molar-refractivity contribution >= 4 is 17.5 Å². The summed E-state index contributed by atoms with van der Waals surface area (Å²) in [5.41, 5.74) is 3.96. The van der Waals surface area contributed by atoms with E-state index in [1.54, 1.807) is 18.2 Å². The van der Waals surface area contributed by atoms with Gasteiger partial charge >= 0.3 is 0 Å². The minimum absolute atomic E-state index is 0.0733. The third-order valence-electron chi connectivity index (χ3n) is 5.19. The van der Waals surface area contributed by atoms with E-state index in [9.17, 15) is 4.79 Å². The second-order valence-corrected chi connectivity index (χ2v) is 7.82. The van der Waals surface area contributed by atoms with Gasteiger partial charge in [-0.1, -0.05) is 77.4 Å². The molecular weight excluding hydrogens is 408 g/mol. The smallest absolute Gasteiger partial charge is 0.226 e. The Morgan fingerprint density at radius 2 is 1.52 bits per heavy atom. The van der Waals surface area contributed by atoms with E-state index in [1.807, 2.05) is 48.5 Å². The van der Waals surface area contributed by atoms with Gasteiger partial charge in [-0.3, -0.25) is 4.79 Å². The highest BCUT2D eigenvalue weighted by atomic mass is 35.5. The Hall–Kier alpha value is -3.37. The highest BCUT2D eigenvalue weighted by Crippen LogP contribution is 2.27. The first-order valence-corrected chi connectivity index (χ1v) is 10.6. The van der Waals surface area contributed by atoms with Gasteiger partial charge in [-0.05, 0) is 41.8 Å². The van der Waals surface area contributed by atoms with Crippen LogP contribution in [0.5, 0.6) is 0 Å². The highest BCUT2D eigenvalue weighted by molar-refractivity contribution is 6.30. The summed E-state index contributed by atoms with van der Waals surface area (Å²) in [7, 11) is 0. The molecule has 0 aliphatic carbocycles. The molecule has 5 heteroatoms. The van der Waals surface area contributed by atoms with Crippen molar-refractivity contribution in [1.29, 1.82) is 0 Å². The number of hydrogen-bond acceptors (Lipinski definition) is 3. The summed E-state index contributed by atoms with van der Waals surface area (Å²) in [4.78, 5) is 12.4. The first kappa shape index (κ1) is 20.9. The number of carbonyl (C=O) groups excluding carboxylic acids is 1. The maximum Gasteiger partial charge on any atom is 0.226 e. The summed E-state index contributed by atoms with van der Waals surface area (Å²) in [6.45, 7) is 0.579. The van der Waals surface area contributed by atoms with Crippen molar-refractivity contribution in [2.24, 2.45) is 0 Å². The summed E-state index contributed by atoms with van der Waals surface area (Å²) in [6.07, 6.45) is 0.993. The maximum atomic E-state index is 12.4. The molecule has 0 aliphatic rings. The fourth-order valence-electron chi connectivity index (χ4n) is 3.62. The number of amides is 1. The Labute approximate surface area is 186 Å². The van der Waals surface area contributed by atoms with E-state index in [4.69, 9.17) is 16.1 Å². The summed E-state index contributed by atoms with van der Waals surface area (Å²) in [5, 5.41) is 7.70. The number of halogens is 1.